The van der Waals surface area contributed by atoms with Crippen molar-refractivity contribution in [2.75, 3.05) is 11.9 Å². The van der Waals surface area contributed by atoms with Gasteiger partial charge >= 0.3 is 5.97 Å². The Balaban J connectivity index is 1.99. The number of aliphatic hydroxyl groups excluding tert-OH is 1. The topological polar surface area (TPSA) is 58.6 Å². The van der Waals surface area contributed by atoms with Crippen molar-refractivity contribution in [1.29, 1.82) is 0 Å². The van der Waals surface area contributed by atoms with E-state index >= 15 is 0 Å². The molecule has 92 valence electrons. The van der Waals surface area contributed by atoms with Gasteiger partial charge in [-0.15, -0.1) is 0 Å². The molecule has 0 amide bonds. The Hall–Kier alpha value is -1.55. The molecule has 1 heterocycles. The van der Waals surface area contributed by atoms with E-state index in [2.05, 4.69) is 5.32 Å². The summed E-state index contributed by atoms with van der Waals surface area (Å²) >= 11 is 0. The molecule has 17 heavy (non-hydrogen) atoms. The van der Waals surface area contributed by atoms with Crippen LogP contribution in [0.25, 0.3) is 0 Å². The lowest BCUT2D eigenvalue weighted by Gasteiger charge is -2.26. The normalized spacial score (nSPS) is 26.6. The zero-order valence-corrected chi connectivity index (χ0v) is 10.0. The second-order valence-corrected chi connectivity index (χ2v) is 4.90. The highest BCUT2D eigenvalue weighted by Crippen LogP contribution is 2.35. The van der Waals surface area contributed by atoms with Gasteiger partial charge in [-0.05, 0) is 12.1 Å². The molecule has 0 spiro atoms. The minimum atomic E-state index is -1.04. The Kier molecular flexibility index (Phi) is 3.07. The van der Waals surface area contributed by atoms with E-state index < -0.39 is 17.5 Å². The molecule has 2 rings (SSSR count). The molecule has 0 saturated carbocycles. The van der Waals surface area contributed by atoms with Gasteiger partial charge in [0.05, 0.1) is 6.54 Å². The number of anilines is 1. The van der Waals surface area contributed by atoms with E-state index in [1.54, 1.807) is 0 Å². The summed E-state index contributed by atoms with van der Waals surface area (Å²) in [5.41, 5.74) is 0.416. The van der Waals surface area contributed by atoms with Crippen LogP contribution in [0.3, 0.4) is 0 Å². The number of para-hydroxylation sites is 1. The Labute approximate surface area is 101 Å². The van der Waals surface area contributed by atoms with Crippen LogP contribution in [0.5, 0.6) is 0 Å². The van der Waals surface area contributed by atoms with Gasteiger partial charge < -0.3 is 15.2 Å². The zero-order valence-electron chi connectivity index (χ0n) is 10.0. The number of aliphatic hydroxyl groups is 1. The van der Waals surface area contributed by atoms with E-state index in [-0.39, 0.29) is 6.10 Å². The molecule has 4 nitrogen and oxygen atoms in total. The van der Waals surface area contributed by atoms with Gasteiger partial charge in [0.15, 0.2) is 6.10 Å². The molecule has 1 saturated heterocycles. The van der Waals surface area contributed by atoms with Gasteiger partial charge in [-0.1, -0.05) is 32.0 Å². The van der Waals surface area contributed by atoms with Crippen LogP contribution < -0.4 is 5.32 Å². The molecule has 2 atom stereocenters. The van der Waals surface area contributed by atoms with Crippen molar-refractivity contribution in [1.82, 2.24) is 0 Å². The van der Waals surface area contributed by atoms with E-state index in [0.717, 1.165) is 5.69 Å². The highest BCUT2D eigenvalue weighted by Gasteiger charge is 2.50. The first-order chi connectivity index (χ1) is 8.01. The van der Waals surface area contributed by atoms with E-state index in [9.17, 15) is 9.90 Å². The number of ether oxygens (including phenoxy) is 1. The van der Waals surface area contributed by atoms with Crippen molar-refractivity contribution in [3.05, 3.63) is 30.3 Å². The monoisotopic (exact) mass is 235 g/mol. The van der Waals surface area contributed by atoms with Crippen molar-refractivity contribution in [2.24, 2.45) is 5.41 Å². The van der Waals surface area contributed by atoms with E-state index in [1.807, 2.05) is 44.2 Å². The second-order valence-electron chi connectivity index (χ2n) is 4.90. The minimum absolute atomic E-state index is 0.315. The van der Waals surface area contributed by atoms with Crippen molar-refractivity contribution in [3.8, 4) is 0 Å². The van der Waals surface area contributed by atoms with E-state index in [4.69, 9.17) is 4.74 Å². The van der Waals surface area contributed by atoms with Gasteiger partial charge in [-0.25, -0.2) is 4.79 Å². The van der Waals surface area contributed by atoms with Crippen LogP contribution >= 0.6 is 0 Å². The van der Waals surface area contributed by atoms with Gasteiger partial charge in [0.1, 0.15) is 6.10 Å². The predicted octanol–water partition coefficient (Wildman–Crippen LogP) is 1.41. The largest absolute Gasteiger partial charge is 0.458 e. The lowest BCUT2D eigenvalue weighted by Crippen LogP contribution is -2.38. The van der Waals surface area contributed by atoms with Crippen molar-refractivity contribution in [2.45, 2.75) is 26.1 Å². The number of carbonyl (C=O) groups excluding carboxylic acids is 1. The molecular formula is C13H17NO3. The van der Waals surface area contributed by atoms with Gasteiger partial charge in [0, 0.05) is 11.1 Å². The molecule has 0 bridgehead atoms. The molecule has 4 heteroatoms. The Morgan fingerprint density at radius 1 is 1.35 bits per heavy atom. The quantitative estimate of drug-likeness (QED) is 0.778. The molecule has 0 radical (unpaired) electrons. The van der Waals surface area contributed by atoms with E-state index in [1.165, 1.54) is 0 Å². The number of hydrogen-bond donors (Lipinski definition) is 2. The average Bonchev–Trinajstić information content (AvgIpc) is 2.52. The zero-order chi connectivity index (χ0) is 12.5. The molecule has 1 aliphatic heterocycles. The van der Waals surface area contributed by atoms with Crippen LogP contribution in [0.1, 0.15) is 13.8 Å². The van der Waals surface area contributed by atoms with Crippen LogP contribution in [-0.2, 0) is 9.53 Å². The van der Waals surface area contributed by atoms with Crippen LogP contribution in [0.2, 0.25) is 0 Å². The number of rotatable bonds is 3. The van der Waals surface area contributed by atoms with Gasteiger partial charge in [0.2, 0.25) is 0 Å². The highest BCUT2D eigenvalue weighted by molar-refractivity contribution is 5.78. The third-order valence-corrected chi connectivity index (χ3v) is 3.28. The standard InChI is InChI=1S/C13H17NO3/c1-13(2)10(17-12(16)11(13)15)8-14-9-6-4-3-5-7-9/h3-7,10-11,14-15H,8H2,1-2H3/t10-,11-/m0/s1. The van der Waals surface area contributed by atoms with Crippen LogP contribution in [0.15, 0.2) is 30.3 Å². The number of carbonyl (C=O) groups is 1. The Morgan fingerprint density at radius 3 is 2.53 bits per heavy atom. The van der Waals surface area contributed by atoms with E-state index in [0.29, 0.717) is 6.54 Å². The maximum Gasteiger partial charge on any atom is 0.336 e. The molecule has 1 aliphatic rings. The summed E-state index contributed by atoms with van der Waals surface area (Å²) in [4.78, 5) is 11.3. The summed E-state index contributed by atoms with van der Waals surface area (Å²) in [6.45, 7) is 4.17. The average molecular weight is 235 g/mol. The summed E-state index contributed by atoms with van der Waals surface area (Å²) < 4.78 is 5.16. The van der Waals surface area contributed by atoms with Crippen molar-refractivity contribution >= 4 is 11.7 Å². The smallest absolute Gasteiger partial charge is 0.336 e. The summed E-state index contributed by atoms with van der Waals surface area (Å²) in [6.07, 6.45) is -1.35. The SMILES string of the molecule is CC1(C)[C@H](CNc2ccccc2)OC(=O)[C@@H]1O. The number of hydrogen-bond acceptors (Lipinski definition) is 4. The molecule has 1 aromatic rings. The van der Waals surface area contributed by atoms with Crippen LogP contribution in [0.4, 0.5) is 5.69 Å². The fourth-order valence-electron chi connectivity index (χ4n) is 1.91. The van der Waals surface area contributed by atoms with Crippen molar-refractivity contribution in [3.63, 3.8) is 0 Å². The second kappa shape index (κ2) is 4.37. The summed E-state index contributed by atoms with van der Waals surface area (Å²) in [6, 6.07) is 9.70. The van der Waals surface area contributed by atoms with Crippen LogP contribution in [-0.4, -0.2) is 29.8 Å². The first kappa shape index (κ1) is 11.9. The first-order valence-corrected chi connectivity index (χ1v) is 5.69. The number of nitrogens with one attached hydrogen (secondary N) is 1. The third-order valence-electron chi connectivity index (χ3n) is 3.28. The van der Waals surface area contributed by atoms with Gasteiger partial charge in [0.25, 0.3) is 0 Å². The number of benzene rings is 1. The minimum Gasteiger partial charge on any atom is -0.458 e. The van der Waals surface area contributed by atoms with Crippen LogP contribution in [0, 0.1) is 5.41 Å². The molecule has 2 N–H and O–H groups in total. The van der Waals surface area contributed by atoms with Gasteiger partial charge in [-0.2, -0.15) is 0 Å². The predicted molar refractivity (Wildman–Crippen MR) is 64.6 cm³/mol. The summed E-state index contributed by atoms with van der Waals surface area (Å²) in [5.74, 6) is -0.533. The molecule has 1 aromatic carbocycles. The Morgan fingerprint density at radius 2 is 2.00 bits per heavy atom. The summed E-state index contributed by atoms with van der Waals surface area (Å²) in [5, 5.41) is 12.9. The lowest BCUT2D eigenvalue weighted by molar-refractivity contribution is -0.147. The lowest BCUT2D eigenvalue weighted by atomic mass is 9.83. The summed E-state index contributed by atoms with van der Waals surface area (Å²) in [7, 11) is 0. The fourth-order valence-corrected chi connectivity index (χ4v) is 1.91. The number of esters is 1. The Bertz CT molecular complexity index is 402. The molecule has 0 unspecified atom stereocenters. The molecule has 1 fully saturated rings. The molecule has 0 aliphatic carbocycles. The third kappa shape index (κ3) is 2.26. The maximum atomic E-state index is 11.3. The fraction of sp³-hybridized carbons (Fsp3) is 0.462. The first-order valence-electron chi connectivity index (χ1n) is 5.69. The molecule has 0 aromatic heterocycles. The highest BCUT2D eigenvalue weighted by atomic mass is 16.6. The van der Waals surface area contributed by atoms with Crippen molar-refractivity contribution < 1.29 is 14.6 Å². The molecular weight excluding hydrogens is 218 g/mol. The van der Waals surface area contributed by atoms with Gasteiger partial charge in [-0.3, -0.25) is 0 Å². The maximum absolute atomic E-state index is 11.3. The number of cyclic esters (lactones) is 1.